The van der Waals surface area contributed by atoms with Gasteiger partial charge in [-0.1, -0.05) is 164 Å². The zero-order valence-corrected chi connectivity index (χ0v) is 49.4. The van der Waals surface area contributed by atoms with Gasteiger partial charge in [0.2, 0.25) is 0 Å². The number of benzene rings is 4. The van der Waals surface area contributed by atoms with Crippen molar-refractivity contribution in [2.45, 2.75) is 219 Å². The maximum atomic E-state index is 5.44. The Labute approximate surface area is 458 Å². The molecule has 0 atom stereocenters. The molecule has 4 nitrogen and oxygen atoms in total. The van der Waals surface area contributed by atoms with Crippen molar-refractivity contribution in [2.75, 3.05) is 0 Å². The second kappa shape index (κ2) is 19.4. The van der Waals surface area contributed by atoms with Gasteiger partial charge in [-0.3, -0.25) is 0 Å². The molecule has 0 radical (unpaired) electrons. The highest BCUT2D eigenvalue weighted by Crippen LogP contribution is 2.65. The first-order valence-corrected chi connectivity index (χ1v) is 32.1. The first-order chi connectivity index (χ1) is 35.8. The van der Waals surface area contributed by atoms with Crippen LogP contribution in [0.3, 0.4) is 0 Å². The maximum absolute atomic E-state index is 5.44. The molecule has 0 unspecified atom stereocenters. The van der Waals surface area contributed by atoms with E-state index in [1.165, 1.54) is 236 Å². The van der Waals surface area contributed by atoms with Crippen molar-refractivity contribution in [1.82, 2.24) is 17.5 Å². The number of rotatable bonds is 21. The lowest BCUT2D eigenvalue weighted by Gasteiger charge is -2.35. The van der Waals surface area contributed by atoms with Crippen LogP contribution in [-0.2, 0) is 21.7 Å². The number of thiophene rings is 2. The van der Waals surface area contributed by atoms with E-state index in [1.54, 1.807) is 11.1 Å². The standard InChI is InChI=1S/C66H78N4S4/c1-11-15-19-23-27-65(28-24-20-16-12-2)48-34-42-49(33-41(48)55-50(65)31-39(5)57-59(55)69-73-67-57)66(29-25-21-17-13-3,30-26-22-18-14-4)51-37-45(58-60(56(42)51)70-74-68-58)54-38-53-62(72-54)44-36-46-43(35-47(44)64(53,9)10)61-52(63(46,7)8)32-40(6)71-61/h31-38H,11-30H2,1-10H3. The molecule has 8 aromatic rings. The van der Waals surface area contributed by atoms with Crippen LogP contribution in [0.5, 0.6) is 0 Å². The van der Waals surface area contributed by atoms with Gasteiger partial charge in [-0.05, 0) is 154 Å². The van der Waals surface area contributed by atoms with Crippen molar-refractivity contribution in [3.63, 3.8) is 0 Å². The third kappa shape index (κ3) is 7.61. The van der Waals surface area contributed by atoms with Crippen LogP contribution in [0, 0.1) is 13.8 Å². The summed E-state index contributed by atoms with van der Waals surface area (Å²) < 4.78 is 21.0. The minimum atomic E-state index is -0.137. The zero-order valence-electron chi connectivity index (χ0n) is 46.2. The van der Waals surface area contributed by atoms with Crippen LogP contribution in [0.1, 0.15) is 239 Å². The van der Waals surface area contributed by atoms with E-state index in [0.29, 0.717) is 0 Å². The highest BCUT2D eigenvalue weighted by molar-refractivity contribution is 7.19. The molecule has 0 fully saturated rings. The Bertz CT molecular complexity index is 3440. The van der Waals surface area contributed by atoms with Crippen LogP contribution in [-0.4, -0.2) is 17.5 Å². The van der Waals surface area contributed by atoms with Gasteiger partial charge in [0, 0.05) is 57.9 Å². The molecule has 74 heavy (non-hydrogen) atoms. The maximum Gasteiger partial charge on any atom is 0.114 e. The molecule has 0 amide bonds. The van der Waals surface area contributed by atoms with E-state index in [0.717, 1.165) is 34.9 Å². The molecule has 4 aliphatic carbocycles. The van der Waals surface area contributed by atoms with Gasteiger partial charge in [-0.2, -0.15) is 17.5 Å². The Morgan fingerprint density at radius 2 is 0.770 bits per heavy atom. The van der Waals surface area contributed by atoms with Crippen molar-refractivity contribution in [2.24, 2.45) is 0 Å². The van der Waals surface area contributed by atoms with Crippen molar-refractivity contribution in [1.29, 1.82) is 0 Å². The van der Waals surface area contributed by atoms with Crippen molar-refractivity contribution >= 4 is 68.2 Å². The second-order valence-corrected chi connectivity index (χ2v) is 27.7. The van der Waals surface area contributed by atoms with Gasteiger partial charge in [0.1, 0.15) is 22.1 Å². The fraction of sp³-hybridized carbons (Fsp3) is 0.515. The Kier molecular flexibility index (Phi) is 13.3. The second-order valence-electron chi connectivity index (χ2n) is 24.4. The SMILES string of the molecule is CCCCCCC1(CCCCCC)c2cc3c(cc2-c2c1cc(C)c1nsnc21)C(CCCCCC)(CCCCCC)c1cc(-c2cc4c(s2)-c2cc5c(cc2C4(C)C)-c2sc(C)cc2C5(C)C)c2nsnc2c1-3. The molecular formula is C66H78N4S4. The summed E-state index contributed by atoms with van der Waals surface area (Å²) in [5.41, 5.74) is 27.3. The number of hydrogen-bond donors (Lipinski definition) is 0. The van der Waals surface area contributed by atoms with Gasteiger partial charge in [0.15, 0.2) is 0 Å². The van der Waals surface area contributed by atoms with E-state index in [4.69, 9.17) is 17.5 Å². The van der Waals surface area contributed by atoms with Crippen LogP contribution in [0.25, 0.3) is 75.6 Å². The number of unbranched alkanes of at least 4 members (excludes halogenated alkanes) is 12. The summed E-state index contributed by atoms with van der Waals surface area (Å²) in [6, 6.07) is 21.0. The van der Waals surface area contributed by atoms with Gasteiger partial charge in [-0.15, -0.1) is 22.7 Å². The van der Waals surface area contributed by atoms with Crippen LogP contribution in [0.15, 0.2) is 48.5 Å². The van der Waals surface area contributed by atoms with Gasteiger partial charge >= 0.3 is 0 Å². The third-order valence-electron chi connectivity index (χ3n) is 19.0. The molecule has 0 saturated carbocycles. The van der Waals surface area contributed by atoms with Crippen LogP contribution in [0.4, 0.5) is 0 Å². The van der Waals surface area contributed by atoms with E-state index < -0.39 is 0 Å². The molecule has 0 bridgehead atoms. The lowest BCUT2D eigenvalue weighted by molar-refractivity contribution is 0.397. The molecule has 4 aromatic carbocycles. The first-order valence-electron chi connectivity index (χ1n) is 29.1. The average Bonchev–Trinajstić information content (AvgIpc) is 4.31. The van der Waals surface area contributed by atoms with Gasteiger partial charge in [0.05, 0.1) is 23.5 Å². The molecule has 12 rings (SSSR count). The summed E-state index contributed by atoms with van der Waals surface area (Å²) in [7, 11) is 0. The number of aryl methyl sites for hydroxylation is 2. The summed E-state index contributed by atoms with van der Waals surface area (Å²) >= 11 is 6.81. The molecule has 0 saturated heterocycles. The normalized spacial score (nSPS) is 16.4. The van der Waals surface area contributed by atoms with E-state index in [-0.39, 0.29) is 21.7 Å². The highest BCUT2D eigenvalue weighted by atomic mass is 32.1. The number of aromatic nitrogens is 4. The molecular weight excluding hydrogens is 977 g/mol. The smallest absolute Gasteiger partial charge is 0.114 e. The largest absolute Gasteiger partial charge is 0.173 e. The van der Waals surface area contributed by atoms with Crippen LogP contribution < -0.4 is 0 Å². The molecule has 8 heteroatoms. The number of fused-ring (bicyclic) bond motifs is 16. The lowest BCUT2D eigenvalue weighted by atomic mass is 9.68. The first kappa shape index (κ1) is 50.7. The Morgan fingerprint density at radius 3 is 1.27 bits per heavy atom. The van der Waals surface area contributed by atoms with Crippen molar-refractivity contribution in [3.05, 3.63) is 103 Å². The van der Waals surface area contributed by atoms with Gasteiger partial charge in [-0.25, -0.2) is 0 Å². The quantitative estimate of drug-likeness (QED) is 0.0673. The highest BCUT2D eigenvalue weighted by Gasteiger charge is 2.50. The molecule has 4 heterocycles. The minimum absolute atomic E-state index is 0.0173. The lowest BCUT2D eigenvalue weighted by Crippen LogP contribution is -2.27. The fourth-order valence-corrected chi connectivity index (χ4v) is 18.8. The van der Waals surface area contributed by atoms with Crippen molar-refractivity contribution < 1.29 is 0 Å². The van der Waals surface area contributed by atoms with E-state index >= 15 is 0 Å². The summed E-state index contributed by atoms with van der Waals surface area (Å²) in [5.74, 6) is 0. The monoisotopic (exact) mass is 1050 g/mol. The van der Waals surface area contributed by atoms with Gasteiger partial charge < -0.3 is 0 Å². The van der Waals surface area contributed by atoms with E-state index in [9.17, 15) is 0 Å². The Balaban J connectivity index is 1.08. The van der Waals surface area contributed by atoms with Crippen molar-refractivity contribution in [3.8, 4) is 53.6 Å². The zero-order chi connectivity index (χ0) is 51.3. The number of hydrogen-bond acceptors (Lipinski definition) is 8. The molecule has 0 N–H and O–H groups in total. The fourth-order valence-electron chi connectivity index (χ4n) is 15.0. The summed E-state index contributed by atoms with van der Waals surface area (Å²) in [6.07, 6.45) is 24.8. The predicted molar refractivity (Wildman–Crippen MR) is 322 cm³/mol. The van der Waals surface area contributed by atoms with E-state index in [1.807, 2.05) is 22.7 Å². The molecule has 386 valence electrons. The topological polar surface area (TPSA) is 51.6 Å². The van der Waals surface area contributed by atoms with Crippen LogP contribution in [0.2, 0.25) is 0 Å². The third-order valence-corrected chi connectivity index (χ3v) is 22.4. The molecule has 4 aromatic heterocycles. The molecule has 0 spiro atoms. The number of nitrogens with zero attached hydrogens (tertiary/aromatic N) is 4. The summed E-state index contributed by atoms with van der Waals surface area (Å²) in [5, 5.41) is 0. The van der Waals surface area contributed by atoms with E-state index in [2.05, 4.69) is 118 Å². The molecule has 4 aliphatic rings. The predicted octanol–water partition coefficient (Wildman–Crippen LogP) is 21.1. The Morgan fingerprint density at radius 1 is 0.365 bits per heavy atom. The van der Waals surface area contributed by atoms with Gasteiger partial charge in [0.25, 0.3) is 0 Å². The Hall–Kier alpha value is -4.08. The van der Waals surface area contributed by atoms with Crippen LogP contribution >= 0.6 is 46.1 Å². The average molecular weight is 1060 g/mol. The summed E-state index contributed by atoms with van der Waals surface area (Å²) in [4.78, 5) is 5.67. The summed E-state index contributed by atoms with van der Waals surface area (Å²) in [6.45, 7) is 23.8. The minimum Gasteiger partial charge on any atom is -0.173 e. The molecule has 0 aliphatic heterocycles.